The standard InChI is InChI=1S/C30H34N2O9/c1-14(33)21-26(36)24(32(2)3)19-12-16-11-18-17(27-15(7-9-41-27)13-31-8-10-40-4)5-6-20(34)23(18)25(35)22(16)29(38)30(19,39)28(21)37/h5-7,9,16,19,24,31,34-35,37,39H,8,10-13H2,1-4H3/t16-,19-,24-,30+/m0/s1. The van der Waals surface area contributed by atoms with Gasteiger partial charge in [0.1, 0.15) is 28.6 Å². The number of nitrogens with zero attached hydrogens (tertiary/aromatic N) is 1. The van der Waals surface area contributed by atoms with E-state index in [1.54, 1.807) is 33.5 Å². The van der Waals surface area contributed by atoms with Gasteiger partial charge in [-0.05, 0) is 63.5 Å². The van der Waals surface area contributed by atoms with Gasteiger partial charge in [-0.3, -0.25) is 19.3 Å². The summed E-state index contributed by atoms with van der Waals surface area (Å²) in [5, 5.41) is 48.4. The second-order valence-corrected chi connectivity index (χ2v) is 11.1. The van der Waals surface area contributed by atoms with Crippen molar-refractivity contribution in [3.05, 3.63) is 58.1 Å². The number of Topliss-reactive ketones (excluding diaryl/α,β-unsaturated/α-hetero) is 3. The highest BCUT2D eigenvalue weighted by Crippen LogP contribution is 2.53. The summed E-state index contributed by atoms with van der Waals surface area (Å²) < 4.78 is 10.9. The molecule has 0 radical (unpaired) electrons. The Bertz CT molecular complexity index is 1500. The lowest BCUT2D eigenvalue weighted by Crippen LogP contribution is -2.65. The Kier molecular flexibility index (Phi) is 7.41. The summed E-state index contributed by atoms with van der Waals surface area (Å²) in [6.07, 6.45) is 1.78. The molecule has 5 rings (SSSR count). The molecule has 3 aliphatic carbocycles. The van der Waals surface area contributed by atoms with Crippen LogP contribution in [0.25, 0.3) is 17.1 Å². The third kappa shape index (κ3) is 4.31. The Morgan fingerprint density at radius 3 is 2.59 bits per heavy atom. The molecule has 0 bridgehead atoms. The first-order chi connectivity index (χ1) is 19.4. The lowest BCUT2D eigenvalue weighted by Gasteiger charge is -2.50. The zero-order valence-electron chi connectivity index (χ0n) is 23.4. The van der Waals surface area contributed by atoms with E-state index in [2.05, 4.69) is 5.32 Å². The maximum absolute atomic E-state index is 14.0. The lowest BCUT2D eigenvalue weighted by atomic mass is 9.57. The molecule has 0 spiro atoms. The molecule has 0 unspecified atom stereocenters. The number of hydrogen-bond acceptors (Lipinski definition) is 11. The van der Waals surface area contributed by atoms with E-state index in [-0.39, 0.29) is 29.7 Å². The molecule has 11 heteroatoms. The molecule has 0 saturated heterocycles. The van der Waals surface area contributed by atoms with E-state index in [1.807, 2.05) is 6.07 Å². The molecule has 1 saturated carbocycles. The van der Waals surface area contributed by atoms with Gasteiger partial charge >= 0.3 is 0 Å². The van der Waals surface area contributed by atoms with Crippen molar-refractivity contribution >= 4 is 23.1 Å². The maximum Gasteiger partial charge on any atom is 0.202 e. The molecule has 5 N–H and O–H groups in total. The Balaban J connectivity index is 1.65. The third-order valence-electron chi connectivity index (χ3n) is 8.50. The van der Waals surface area contributed by atoms with Crippen molar-refractivity contribution in [1.82, 2.24) is 10.2 Å². The highest BCUT2D eigenvalue weighted by atomic mass is 16.5. The van der Waals surface area contributed by atoms with Crippen molar-refractivity contribution < 1.29 is 44.0 Å². The number of methoxy groups -OCH3 is 1. The number of hydrogen-bond donors (Lipinski definition) is 5. The molecule has 1 fully saturated rings. The van der Waals surface area contributed by atoms with Gasteiger partial charge in [0.25, 0.3) is 0 Å². The summed E-state index contributed by atoms with van der Waals surface area (Å²) in [5.74, 6) is -5.43. The first-order valence-electron chi connectivity index (χ1n) is 13.4. The van der Waals surface area contributed by atoms with Crippen LogP contribution >= 0.6 is 0 Å². The number of carbonyl (C=O) groups is 3. The minimum absolute atomic E-state index is 0.0325. The molecule has 1 aromatic carbocycles. The Hall–Kier alpha value is -3.77. The molecule has 4 atom stereocenters. The SMILES string of the molecule is COCCNCc1ccoc1-c1ccc(O)c2c1C[C@H]1C[C@H]3[C@H](N(C)C)C(=O)C(C(C)=O)=C(O)[C@@]3(O)C(=O)C1=C2O. The van der Waals surface area contributed by atoms with Crippen molar-refractivity contribution in [2.45, 2.75) is 38.0 Å². The van der Waals surface area contributed by atoms with Crippen LogP contribution in [0, 0.1) is 11.8 Å². The Labute approximate surface area is 236 Å². The largest absolute Gasteiger partial charge is 0.508 e. The van der Waals surface area contributed by atoms with Gasteiger partial charge in [-0.2, -0.15) is 0 Å². The third-order valence-corrected chi connectivity index (χ3v) is 8.50. The number of phenolic OH excluding ortho intramolecular Hbond substituents is 1. The van der Waals surface area contributed by atoms with Gasteiger partial charge < -0.3 is 34.9 Å². The average Bonchev–Trinajstić information content (AvgIpc) is 3.36. The van der Waals surface area contributed by atoms with E-state index >= 15 is 0 Å². The highest BCUT2D eigenvalue weighted by molar-refractivity contribution is 6.25. The van der Waals surface area contributed by atoms with Crippen molar-refractivity contribution in [2.24, 2.45) is 11.8 Å². The lowest BCUT2D eigenvalue weighted by molar-refractivity contribution is -0.153. The number of fused-ring (bicyclic) bond motifs is 3. The number of benzene rings is 1. The minimum Gasteiger partial charge on any atom is -0.508 e. The number of ketones is 3. The molecular weight excluding hydrogens is 532 g/mol. The Morgan fingerprint density at radius 1 is 1.20 bits per heavy atom. The average molecular weight is 567 g/mol. The molecule has 1 heterocycles. The predicted molar refractivity (Wildman–Crippen MR) is 147 cm³/mol. The van der Waals surface area contributed by atoms with Gasteiger partial charge in [0.15, 0.2) is 17.2 Å². The predicted octanol–water partition coefficient (Wildman–Crippen LogP) is 2.06. The van der Waals surface area contributed by atoms with Crippen LogP contribution in [0.3, 0.4) is 0 Å². The molecule has 2 aromatic rings. The van der Waals surface area contributed by atoms with Gasteiger partial charge in [0, 0.05) is 42.8 Å². The zero-order valence-corrected chi connectivity index (χ0v) is 23.4. The first kappa shape index (κ1) is 28.7. The van der Waals surface area contributed by atoms with Crippen LogP contribution in [-0.4, -0.2) is 88.7 Å². The molecule has 0 aliphatic heterocycles. The second kappa shape index (κ2) is 10.6. The summed E-state index contributed by atoms with van der Waals surface area (Å²) in [5.41, 5.74) is -1.34. The zero-order chi connectivity index (χ0) is 29.8. The first-order valence-corrected chi connectivity index (χ1v) is 13.4. The number of phenols is 1. The fraction of sp³-hybridized carbons (Fsp3) is 0.433. The van der Waals surface area contributed by atoms with Crippen LogP contribution in [-0.2, 0) is 32.1 Å². The van der Waals surface area contributed by atoms with E-state index in [0.29, 0.717) is 36.6 Å². The molecule has 41 heavy (non-hydrogen) atoms. The number of nitrogens with one attached hydrogen (secondary N) is 1. The number of ether oxygens (including phenoxy) is 1. The quantitative estimate of drug-likeness (QED) is 0.234. The Morgan fingerprint density at radius 2 is 1.93 bits per heavy atom. The van der Waals surface area contributed by atoms with E-state index in [0.717, 1.165) is 12.5 Å². The van der Waals surface area contributed by atoms with Gasteiger partial charge in [-0.15, -0.1) is 0 Å². The normalized spacial score (nSPS) is 25.9. The molecule has 3 aliphatic rings. The van der Waals surface area contributed by atoms with Crippen LogP contribution < -0.4 is 5.32 Å². The smallest absolute Gasteiger partial charge is 0.202 e. The van der Waals surface area contributed by atoms with Gasteiger partial charge in [0.2, 0.25) is 5.78 Å². The van der Waals surface area contributed by atoms with Crippen molar-refractivity contribution in [2.75, 3.05) is 34.4 Å². The van der Waals surface area contributed by atoms with Crippen molar-refractivity contribution in [3.63, 3.8) is 0 Å². The molecule has 11 nitrogen and oxygen atoms in total. The summed E-state index contributed by atoms with van der Waals surface area (Å²) in [7, 11) is 4.81. The molecule has 0 amide bonds. The summed E-state index contributed by atoms with van der Waals surface area (Å²) >= 11 is 0. The van der Waals surface area contributed by atoms with Crippen LogP contribution in [0.15, 0.2) is 45.8 Å². The van der Waals surface area contributed by atoms with Crippen LogP contribution in [0.1, 0.15) is 30.0 Å². The number of aliphatic hydroxyl groups is 3. The molecular formula is C30H34N2O9. The fourth-order valence-corrected chi connectivity index (χ4v) is 6.67. The maximum atomic E-state index is 14.0. The van der Waals surface area contributed by atoms with Gasteiger partial charge in [0.05, 0.1) is 24.5 Å². The number of furan rings is 1. The summed E-state index contributed by atoms with van der Waals surface area (Å²) in [6.45, 7) is 2.71. The molecule has 218 valence electrons. The molecule has 1 aromatic heterocycles. The monoisotopic (exact) mass is 566 g/mol. The van der Waals surface area contributed by atoms with Crippen LogP contribution in [0.5, 0.6) is 5.75 Å². The topological polar surface area (TPSA) is 170 Å². The summed E-state index contributed by atoms with van der Waals surface area (Å²) in [6, 6.07) is 3.83. The number of aliphatic hydroxyl groups excluding tert-OH is 2. The van der Waals surface area contributed by atoms with E-state index < -0.39 is 57.9 Å². The number of carbonyl (C=O) groups excluding carboxylic acids is 3. The van der Waals surface area contributed by atoms with E-state index in [4.69, 9.17) is 9.15 Å². The number of rotatable bonds is 8. The number of likely N-dealkylation sites (N-methyl/N-ethyl adjacent to an activating group) is 1. The van der Waals surface area contributed by atoms with E-state index in [9.17, 15) is 34.8 Å². The number of aromatic hydroxyl groups is 1. The van der Waals surface area contributed by atoms with Crippen LogP contribution in [0.2, 0.25) is 0 Å². The van der Waals surface area contributed by atoms with Gasteiger partial charge in [-0.25, -0.2) is 0 Å². The minimum atomic E-state index is -2.60. The van der Waals surface area contributed by atoms with E-state index in [1.165, 1.54) is 11.0 Å². The summed E-state index contributed by atoms with van der Waals surface area (Å²) in [4.78, 5) is 41.2. The second-order valence-electron chi connectivity index (χ2n) is 11.1. The van der Waals surface area contributed by atoms with Crippen LogP contribution in [0.4, 0.5) is 0 Å². The van der Waals surface area contributed by atoms with Crippen molar-refractivity contribution in [3.8, 4) is 17.1 Å². The van der Waals surface area contributed by atoms with Crippen molar-refractivity contribution in [1.29, 1.82) is 0 Å². The van der Waals surface area contributed by atoms with Gasteiger partial charge in [-0.1, -0.05) is 0 Å². The fourth-order valence-electron chi connectivity index (χ4n) is 6.67. The highest BCUT2D eigenvalue weighted by Gasteiger charge is 2.64.